The van der Waals surface area contributed by atoms with Gasteiger partial charge in [-0.3, -0.25) is 0 Å². The molecule has 0 fully saturated rings. The van der Waals surface area contributed by atoms with Crippen molar-refractivity contribution in [3.63, 3.8) is 0 Å². The molecule has 0 bridgehead atoms. The van der Waals surface area contributed by atoms with Gasteiger partial charge in [0.15, 0.2) is 12.4 Å². The Hall–Kier alpha value is -1.09. The lowest BCUT2D eigenvalue weighted by Crippen LogP contribution is -2.45. The van der Waals surface area contributed by atoms with E-state index in [2.05, 4.69) is 65.5 Å². The first kappa shape index (κ1) is 9.46. The van der Waals surface area contributed by atoms with Gasteiger partial charge < -0.3 is 4.40 Å². The van der Waals surface area contributed by atoms with Crippen LogP contribution in [-0.4, -0.2) is 12.5 Å². The molecule has 0 N–H and O–H groups in total. The summed E-state index contributed by atoms with van der Waals surface area (Å²) in [6.07, 6.45) is 9.77. The Morgan fingerprint density at radius 2 is 2.07 bits per heavy atom. The van der Waals surface area contributed by atoms with Crippen LogP contribution in [0.25, 0.3) is 5.52 Å². The molecule has 0 radical (unpaired) electrons. The second kappa shape index (κ2) is 3.24. The molecular formula is C11H17N2Si+. The van der Waals surface area contributed by atoms with Gasteiger partial charge in [-0.2, -0.15) is 0 Å². The molecule has 2 aromatic heterocycles. The quantitative estimate of drug-likeness (QED) is 0.524. The molecule has 3 heteroatoms. The zero-order chi connectivity index (χ0) is 10.2. The van der Waals surface area contributed by atoms with Gasteiger partial charge in [-0.1, -0.05) is 19.6 Å². The fraction of sp³-hybridized carbons (Fsp3) is 0.364. The number of rotatable bonds is 2. The predicted octanol–water partition coefficient (Wildman–Crippen LogP) is 2.10. The van der Waals surface area contributed by atoms with Crippen molar-refractivity contribution in [1.82, 2.24) is 4.40 Å². The molecule has 0 saturated carbocycles. The maximum absolute atomic E-state index is 2.39. The molecule has 74 valence electrons. The van der Waals surface area contributed by atoms with Crippen LogP contribution in [0.2, 0.25) is 19.6 Å². The van der Waals surface area contributed by atoms with Crippen LogP contribution >= 0.6 is 0 Å². The van der Waals surface area contributed by atoms with Crippen molar-refractivity contribution in [3.8, 4) is 0 Å². The Bertz CT molecular complexity index is 440. The summed E-state index contributed by atoms with van der Waals surface area (Å²) in [5.41, 5.74) is 1.27. The van der Waals surface area contributed by atoms with E-state index >= 15 is 0 Å². The van der Waals surface area contributed by atoms with E-state index in [4.69, 9.17) is 0 Å². The maximum Gasteiger partial charge on any atom is 0.192 e. The molecule has 2 aromatic rings. The fourth-order valence-electron chi connectivity index (χ4n) is 1.67. The molecule has 0 aliphatic carbocycles. The summed E-state index contributed by atoms with van der Waals surface area (Å²) in [4.78, 5) is 0. The summed E-state index contributed by atoms with van der Waals surface area (Å²) in [6, 6.07) is 4.22. The smallest absolute Gasteiger partial charge is 0.192 e. The summed E-state index contributed by atoms with van der Waals surface area (Å²) in [5, 5.41) is 0. The number of nitrogens with zero attached hydrogens (tertiary/aromatic N) is 2. The number of hydrogen-bond acceptors (Lipinski definition) is 0. The van der Waals surface area contributed by atoms with Gasteiger partial charge in [0, 0.05) is 6.20 Å². The highest BCUT2D eigenvalue weighted by Gasteiger charge is 2.19. The first-order chi connectivity index (χ1) is 6.54. The van der Waals surface area contributed by atoms with E-state index in [0.29, 0.717) is 0 Å². The molecule has 14 heavy (non-hydrogen) atoms. The highest BCUT2D eigenvalue weighted by atomic mass is 28.3. The van der Waals surface area contributed by atoms with Gasteiger partial charge in [0.05, 0.1) is 6.20 Å². The average Bonchev–Trinajstić information content (AvgIpc) is 2.47. The van der Waals surface area contributed by atoms with Crippen LogP contribution < -0.4 is 4.57 Å². The van der Waals surface area contributed by atoms with Crippen LogP contribution in [0.4, 0.5) is 0 Å². The Labute approximate surface area is 85.8 Å². The zero-order valence-corrected chi connectivity index (χ0v) is 10.1. The molecule has 2 nitrogen and oxygen atoms in total. The summed E-state index contributed by atoms with van der Waals surface area (Å²) >= 11 is 0. The van der Waals surface area contributed by atoms with Gasteiger partial charge in [0.2, 0.25) is 0 Å². The maximum atomic E-state index is 2.39. The second-order valence-electron chi connectivity index (χ2n) is 5.00. The van der Waals surface area contributed by atoms with Crippen molar-refractivity contribution in [2.75, 3.05) is 0 Å². The van der Waals surface area contributed by atoms with Crippen molar-refractivity contribution >= 4 is 13.6 Å². The standard InChI is InChI=1S/C11H17N2Si/c1-14(2,3)10-12-7-8-13-6-4-5-11(13)9-12/h4-9H,10H2,1-3H3/q+1. The molecule has 0 unspecified atom stereocenters. The van der Waals surface area contributed by atoms with Crippen molar-refractivity contribution in [2.24, 2.45) is 0 Å². The lowest BCUT2D eigenvalue weighted by molar-refractivity contribution is -0.680. The lowest BCUT2D eigenvalue weighted by atomic mass is 10.5. The van der Waals surface area contributed by atoms with Crippen molar-refractivity contribution in [1.29, 1.82) is 0 Å². The summed E-state index contributed by atoms with van der Waals surface area (Å²) in [6.45, 7) is 7.17. The number of fused-ring (bicyclic) bond motifs is 1. The predicted molar refractivity (Wildman–Crippen MR) is 60.9 cm³/mol. The number of aromatic nitrogens is 2. The lowest BCUT2D eigenvalue weighted by Gasteiger charge is -2.10. The molecule has 0 aromatic carbocycles. The van der Waals surface area contributed by atoms with Crippen LogP contribution in [-0.2, 0) is 6.17 Å². The van der Waals surface area contributed by atoms with Crippen LogP contribution in [0.1, 0.15) is 0 Å². The highest BCUT2D eigenvalue weighted by molar-refractivity contribution is 6.74. The third kappa shape index (κ3) is 2.04. The third-order valence-electron chi connectivity index (χ3n) is 2.19. The zero-order valence-electron chi connectivity index (χ0n) is 9.07. The molecule has 0 aliphatic rings. The summed E-state index contributed by atoms with van der Waals surface area (Å²) in [7, 11) is -1.01. The minimum Gasteiger partial charge on any atom is -0.313 e. The van der Waals surface area contributed by atoms with E-state index in [1.54, 1.807) is 0 Å². The number of hydrogen-bond donors (Lipinski definition) is 0. The van der Waals surface area contributed by atoms with Crippen molar-refractivity contribution in [3.05, 3.63) is 36.9 Å². The van der Waals surface area contributed by atoms with Crippen LogP contribution in [0.5, 0.6) is 0 Å². The van der Waals surface area contributed by atoms with Crippen molar-refractivity contribution < 1.29 is 4.57 Å². The fourth-order valence-corrected chi connectivity index (χ4v) is 2.96. The van der Waals surface area contributed by atoms with Gasteiger partial charge in [0.1, 0.15) is 19.8 Å². The van der Waals surface area contributed by atoms with E-state index in [-0.39, 0.29) is 0 Å². The molecule has 0 amide bonds. The van der Waals surface area contributed by atoms with E-state index in [1.807, 2.05) is 0 Å². The van der Waals surface area contributed by atoms with Gasteiger partial charge in [-0.05, 0) is 12.1 Å². The molecule has 0 spiro atoms. The molecule has 0 saturated heterocycles. The van der Waals surface area contributed by atoms with Gasteiger partial charge in [-0.15, -0.1) is 0 Å². The Morgan fingerprint density at radius 1 is 1.29 bits per heavy atom. The largest absolute Gasteiger partial charge is 0.313 e. The summed E-state index contributed by atoms with van der Waals surface area (Å²) in [5.74, 6) is 0. The van der Waals surface area contributed by atoms with Gasteiger partial charge >= 0.3 is 0 Å². The average molecular weight is 205 g/mol. The minimum absolute atomic E-state index is 1.01. The molecule has 0 atom stereocenters. The van der Waals surface area contributed by atoms with E-state index in [9.17, 15) is 0 Å². The topological polar surface area (TPSA) is 8.29 Å². The summed E-state index contributed by atoms with van der Waals surface area (Å²) < 4.78 is 4.45. The Morgan fingerprint density at radius 3 is 2.79 bits per heavy atom. The van der Waals surface area contributed by atoms with Crippen molar-refractivity contribution in [2.45, 2.75) is 25.8 Å². The minimum atomic E-state index is -1.01. The van der Waals surface area contributed by atoms with E-state index in [1.165, 1.54) is 11.7 Å². The van der Waals surface area contributed by atoms with E-state index < -0.39 is 8.07 Å². The Balaban J connectivity index is 2.35. The first-order valence-corrected chi connectivity index (χ1v) is 8.71. The van der Waals surface area contributed by atoms with Gasteiger partial charge in [0.25, 0.3) is 0 Å². The molecule has 2 heterocycles. The molecule has 2 rings (SSSR count). The van der Waals surface area contributed by atoms with Crippen LogP contribution in [0, 0.1) is 0 Å². The van der Waals surface area contributed by atoms with Crippen LogP contribution in [0.15, 0.2) is 36.9 Å². The van der Waals surface area contributed by atoms with Gasteiger partial charge in [-0.25, -0.2) is 4.57 Å². The first-order valence-electron chi connectivity index (χ1n) is 5.00. The third-order valence-corrected chi connectivity index (χ3v) is 3.50. The van der Waals surface area contributed by atoms with E-state index in [0.717, 1.165) is 0 Å². The Kier molecular flexibility index (Phi) is 2.19. The SMILES string of the molecule is C[Si](C)(C)C[n+]1ccn2cccc2c1. The van der Waals surface area contributed by atoms with Crippen LogP contribution in [0.3, 0.4) is 0 Å². The molecule has 0 aliphatic heterocycles. The molecular weight excluding hydrogens is 188 g/mol. The highest BCUT2D eigenvalue weighted by Crippen LogP contribution is 2.02. The normalized spacial score (nSPS) is 12.2. The second-order valence-corrected chi connectivity index (χ2v) is 10.4. The monoisotopic (exact) mass is 205 g/mol.